The van der Waals surface area contributed by atoms with Crippen LogP contribution in [0.25, 0.3) is 0 Å². The summed E-state index contributed by atoms with van der Waals surface area (Å²) in [6.45, 7) is 0. The molecule has 0 aromatic carbocycles. The lowest BCUT2D eigenvalue weighted by atomic mass is 9.68. The molecule has 6 rings (SSSR count). The van der Waals surface area contributed by atoms with Gasteiger partial charge in [-0.05, 0) is 48.3 Å². The molecule has 0 heterocycles. The Morgan fingerprint density at radius 2 is 1.00 bits per heavy atom. The van der Waals surface area contributed by atoms with Gasteiger partial charge in [-0.1, -0.05) is 48.6 Å². The lowest BCUT2D eigenvalue weighted by Crippen LogP contribution is -2.59. The predicted molar refractivity (Wildman–Crippen MR) is 83.6 cm³/mol. The first-order valence-electron chi connectivity index (χ1n) is 8.80. The highest BCUT2D eigenvalue weighted by molar-refractivity contribution is 5.37. The van der Waals surface area contributed by atoms with Crippen LogP contribution < -0.4 is 0 Å². The van der Waals surface area contributed by atoms with Crippen molar-refractivity contribution in [1.82, 2.24) is 0 Å². The maximum absolute atomic E-state index is 11.7. The summed E-state index contributed by atoms with van der Waals surface area (Å²) in [5.41, 5.74) is -1.92. The van der Waals surface area contributed by atoms with Gasteiger partial charge in [0.05, 0.1) is 0 Å². The van der Waals surface area contributed by atoms with E-state index in [2.05, 4.69) is 48.6 Å². The lowest BCUT2D eigenvalue weighted by molar-refractivity contribution is -0.180. The Kier molecular flexibility index (Phi) is 1.97. The smallest absolute Gasteiger partial charge is 0.101 e. The van der Waals surface area contributed by atoms with Crippen molar-refractivity contribution < 1.29 is 10.2 Å². The molecule has 22 heavy (non-hydrogen) atoms. The molecule has 2 N–H and O–H groups in total. The van der Waals surface area contributed by atoms with Crippen molar-refractivity contribution in [3.8, 4) is 0 Å². The summed E-state index contributed by atoms with van der Waals surface area (Å²) in [5.74, 6) is 3.08. The maximum atomic E-state index is 11.7. The number of aliphatic hydroxyl groups is 2. The van der Waals surface area contributed by atoms with E-state index in [0.717, 1.165) is 12.8 Å². The molecular weight excluding hydrogens is 272 g/mol. The van der Waals surface area contributed by atoms with E-state index in [4.69, 9.17) is 0 Å². The molecule has 0 saturated heterocycles. The average Bonchev–Trinajstić information content (AvgIpc) is 3.24. The van der Waals surface area contributed by atoms with Gasteiger partial charge in [-0.25, -0.2) is 0 Å². The van der Waals surface area contributed by atoms with E-state index in [1.54, 1.807) is 0 Å². The molecular formula is C20H22O2. The summed E-state index contributed by atoms with van der Waals surface area (Å²) >= 11 is 0. The second kappa shape index (κ2) is 3.52. The number of allylic oxidation sites excluding steroid dienone is 6. The summed E-state index contributed by atoms with van der Waals surface area (Å²) in [6, 6.07) is 0. The molecule has 6 aliphatic rings. The van der Waals surface area contributed by atoms with E-state index >= 15 is 0 Å². The molecule has 0 aromatic rings. The molecule has 0 aromatic heterocycles. The lowest BCUT2D eigenvalue weighted by Gasteiger charge is -2.45. The molecule has 0 bridgehead atoms. The number of hydrogen-bond donors (Lipinski definition) is 2. The summed E-state index contributed by atoms with van der Waals surface area (Å²) in [5, 5.41) is 23.4. The van der Waals surface area contributed by atoms with Crippen molar-refractivity contribution >= 4 is 0 Å². The molecule has 0 unspecified atom stereocenters. The zero-order valence-corrected chi connectivity index (χ0v) is 12.5. The minimum absolute atomic E-state index is 0.123. The fourth-order valence-corrected chi connectivity index (χ4v) is 7.06. The van der Waals surface area contributed by atoms with Crippen LogP contribution in [0.15, 0.2) is 48.6 Å². The van der Waals surface area contributed by atoms with Crippen LogP contribution in [-0.4, -0.2) is 21.4 Å². The van der Waals surface area contributed by atoms with Gasteiger partial charge in [-0.15, -0.1) is 0 Å². The second-order valence-electron chi connectivity index (χ2n) is 8.49. The SMILES string of the molecule is O[C@]1([C@]2(O)C[C@@H]3C=C[C@H]4C=C[C@@H]2[C@H]43)C[C@@H]2C=C[C@@H]3C=C[C@@H]1[C@@H]32. The molecule has 0 radical (unpaired) electrons. The minimum atomic E-state index is -0.958. The first kappa shape index (κ1) is 12.3. The topological polar surface area (TPSA) is 40.5 Å². The quantitative estimate of drug-likeness (QED) is 0.729. The molecule has 2 fully saturated rings. The van der Waals surface area contributed by atoms with Crippen molar-refractivity contribution in [2.24, 2.45) is 47.3 Å². The average molecular weight is 294 g/mol. The second-order valence-corrected chi connectivity index (χ2v) is 8.49. The number of hydrogen-bond acceptors (Lipinski definition) is 2. The van der Waals surface area contributed by atoms with E-state index in [9.17, 15) is 10.2 Å². The van der Waals surface area contributed by atoms with Crippen LogP contribution in [0.5, 0.6) is 0 Å². The van der Waals surface area contributed by atoms with Gasteiger partial charge in [-0.3, -0.25) is 0 Å². The van der Waals surface area contributed by atoms with E-state index in [1.165, 1.54) is 0 Å². The van der Waals surface area contributed by atoms with Crippen LogP contribution in [0.1, 0.15) is 12.8 Å². The fourth-order valence-electron chi connectivity index (χ4n) is 7.06. The maximum Gasteiger partial charge on any atom is 0.101 e. The first-order chi connectivity index (χ1) is 10.6. The summed E-state index contributed by atoms with van der Waals surface area (Å²) in [6.07, 6.45) is 19.5. The monoisotopic (exact) mass is 294 g/mol. The molecule has 6 aliphatic carbocycles. The Bertz CT molecular complexity index is 615. The van der Waals surface area contributed by atoms with Gasteiger partial charge in [0.25, 0.3) is 0 Å². The highest BCUT2D eigenvalue weighted by Crippen LogP contribution is 2.66. The Morgan fingerprint density at radius 1 is 0.591 bits per heavy atom. The third kappa shape index (κ3) is 1.11. The van der Waals surface area contributed by atoms with Crippen molar-refractivity contribution in [2.75, 3.05) is 0 Å². The summed E-state index contributed by atoms with van der Waals surface area (Å²) < 4.78 is 0. The summed E-state index contributed by atoms with van der Waals surface area (Å²) in [7, 11) is 0. The fraction of sp³-hybridized carbons (Fsp3) is 0.600. The molecule has 2 heteroatoms. The van der Waals surface area contributed by atoms with Crippen LogP contribution >= 0.6 is 0 Å². The van der Waals surface area contributed by atoms with Gasteiger partial charge in [0.2, 0.25) is 0 Å². The van der Waals surface area contributed by atoms with Crippen molar-refractivity contribution in [2.45, 2.75) is 24.0 Å². The first-order valence-corrected chi connectivity index (χ1v) is 8.80. The largest absolute Gasteiger partial charge is 0.386 e. The Labute approximate surface area is 130 Å². The van der Waals surface area contributed by atoms with Crippen LogP contribution in [0, 0.1) is 47.3 Å². The zero-order valence-electron chi connectivity index (χ0n) is 12.5. The molecule has 2 saturated carbocycles. The molecule has 114 valence electrons. The highest BCUT2D eigenvalue weighted by atomic mass is 16.4. The molecule has 0 amide bonds. The van der Waals surface area contributed by atoms with E-state index in [-0.39, 0.29) is 11.8 Å². The van der Waals surface area contributed by atoms with Gasteiger partial charge in [-0.2, -0.15) is 0 Å². The van der Waals surface area contributed by atoms with Crippen LogP contribution in [0.3, 0.4) is 0 Å². The van der Waals surface area contributed by atoms with Gasteiger partial charge >= 0.3 is 0 Å². The third-order valence-electron chi connectivity index (χ3n) is 7.90. The summed E-state index contributed by atoms with van der Waals surface area (Å²) in [4.78, 5) is 0. The standard InChI is InChI=1S/C20H22O2/c21-19(9-13-3-1-11-5-7-15(19)17(11)13)20(22)10-14-4-2-12-6-8-16(20)18(12)14/h1-8,11-18,21-22H,9-10H2/t11-,12+,13-,14-,15+,16+,17+,18-,19-,20+/m0/s1. The minimum Gasteiger partial charge on any atom is -0.386 e. The zero-order chi connectivity index (χ0) is 14.7. The highest BCUT2D eigenvalue weighted by Gasteiger charge is 2.70. The molecule has 2 nitrogen and oxygen atoms in total. The van der Waals surface area contributed by atoms with Gasteiger partial charge in [0.15, 0.2) is 0 Å². The van der Waals surface area contributed by atoms with Gasteiger partial charge < -0.3 is 10.2 Å². The molecule has 10 atom stereocenters. The van der Waals surface area contributed by atoms with Crippen LogP contribution in [-0.2, 0) is 0 Å². The van der Waals surface area contributed by atoms with Gasteiger partial charge in [0, 0.05) is 11.8 Å². The van der Waals surface area contributed by atoms with Crippen molar-refractivity contribution in [1.29, 1.82) is 0 Å². The van der Waals surface area contributed by atoms with Crippen LogP contribution in [0.4, 0.5) is 0 Å². The van der Waals surface area contributed by atoms with E-state index in [1.807, 2.05) is 0 Å². The van der Waals surface area contributed by atoms with Crippen molar-refractivity contribution in [3.63, 3.8) is 0 Å². The third-order valence-corrected chi connectivity index (χ3v) is 7.90. The normalized spacial score (nSPS) is 65.0. The Balaban J connectivity index is 1.47. The molecule has 0 aliphatic heterocycles. The van der Waals surface area contributed by atoms with E-state index < -0.39 is 11.2 Å². The van der Waals surface area contributed by atoms with E-state index in [0.29, 0.717) is 35.5 Å². The van der Waals surface area contributed by atoms with Gasteiger partial charge in [0.1, 0.15) is 11.2 Å². The predicted octanol–water partition coefficient (Wildman–Crippen LogP) is 2.46. The number of rotatable bonds is 1. The Morgan fingerprint density at radius 3 is 1.45 bits per heavy atom. The molecule has 0 spiro atoms. The van der Waals surface area contributed by atoms with Crippen LogP contribution in [0.2, 0.25) is 0 Å². The Hall–Kier alpha value is -1.12. The van der Waals surface area contributed by atoms with Crippen molar-refractivity contribution in [3.05, 3.63) is 48.6 Å².